The fourth-order valence-electron chi connectivity index (χ4n) is 2.76. The largest absolute Gasteiger partial charge is 0.466 e. The molecular formula is C16H22N2O3S. The monoisotopic (exact) mass is 322 g/mol. The first-order valence-electron chi connectivity index (χ1n) is 7.63. The number of piperidine rings is 1. The molecule has 1 fully saturated rings. The summed E-state index contributed by atoms with van der Waals surface area (Å²) in [5.74, 6) is -0.269. The zero-order valence-corrected chi connectivity index (χ0v) is 13.9. The molecule has 0 aromatic carbocycles. The number of carbonyl (C=O) groups excluding carboxylic acids is 2. The number of ether oxygens (including phenoxy) is 1. The lowest BCUT2D eigenvalue weighted by Crippen LogP contribution is -2.45. The standard InChI is InChI=1S/C16H22N2O3S/c1-3-21-14(19)11-12-7-4-5-10-18(12)16(20)13-8-6-9-17-15(13)22-2/h6,8-9,12H,3-5,7,10-11H2,1-2H3/t12-/m1/s1. The van der Waals surface area contributed by atoms with E-state index in [1.807, 2.05) is 11.2 Å². The van der Waals surface area contributed by atoms with E-state index >= 15 is 0 Å². The van der Waals surface area contributed by atoms with Crippen molar-refractivity contribution in [1.29, 1.82) is 0 Å². The summed E-state index contributed by atoms with van der Waals surface area (Å²) in [5, 5.41) is 0.730. The Balaban J connectivity index is 2.16. The van der Waals surface area contributed by atoms with Gasteiger partial charge in [-0.2, -0.15) is 0 Å². The smallest absolute Gasteiger partial charge is 0.307 e. The van der Waals surface area contributed by atoms with Crippen molar-refractivity contribution in [2.75, 3.05) is 19.4 Å². The minimum Gasteiger partial charge on any atom is -0.466 e. The number of rotatable bonds is 5. The minimum atomic E-state index is -0.233. The second-order valence-electron chi connectivity index (χ2n) is 5.22. The predicted octanol–water partition coefficient (Wildman–Crippen LogP) is 2.75. The van der Waals surface area contributed by atoms with Gasteiger partial charge in [0.15, 0.2) is 0 Å². The quantitative estimate of drug-likeness (QED) is 0.616. The van der Waals surface area contributed by atoms with Gasteiger partial charge >= 0.3 is 5.97 Å². The van der Waals surface area contributed by atoms with Crippen LogP contribution in [0.25, 0.3) is 0 Å². The van der Waals surface area contributed by atoms with Crippen LogP contribution in [0.3, 0.4) is 0 Å². The number of pyridine rings is 1. The highest BCUT2D eigenvalue weighted by atomic mass is 32.2. The molecule has 0 N–H and O–H groups in total. The summed E-state index contributed by atoms with van der Waals surface area (Å²) in [5.41, 5.74) is 0.616. The lowest BCUT2D eigenvalue weighted by atomic mass is 9.98. The van der Waals surface area contributed by atoms with Gasteiger partial charge in [-0.1, -0.05) is 0 Å². The summed E-state index contributed by atoms with van der Waals surface area (Å²) < 4.78 is 5.03. The Morgan fingerprint density at radius 2 is 2.27 bits per heavy atom. The Bertz CT molecular complexity index is 536. The molecule has 2 rings (SSSR count). The maximum Gasteiger partial charge on any atom is 0.307 e. The summed E-state index contributed by atoms with van der Waals surface area (Å²) in [6.45, 7) is 2.85. The van der Waals surface area contributed by atoms with Gasteiger partial charge in [-0.05, 0) is 44.6 Å². The molecule has 0 bridgehead atoms. The fraction of sp³-hybridized carbons (Fsp3) is 0.562. The minimum absolute atomic E-state index is 0.0357. The predicted molar refractivity (Wildman–Crippen MR) is 85.9 cm³/mol. The molecule has 1 aliphatic rings. The van der Waals surface area contributed by atoms with E-state index in [1.54, 1.807) is 25.3 Å². The molecule has 0 aliphatic carbocycles. The van der Waals surface area contributed by atoms with Crippen LogP contribution in [0.15, 0.2) is 23.4 Å². The van der Waals surface area contributed by atoms with Crippen LogP contribution < -0.4 is 0 Å². The van der Waals surface area contributed by atoms with E-state index in [2.05, 4.69) is 4.98 Å². The van der Waals surface area contributed by atoms with Gasteiger partial charge in [0.05, 0.1) is 18.6 Å². The molecule has 1 saturated heterocycles. The first-order valence-corrected chi connectivity index (χ1v) is 8.85. The van der Waals surface area contributed by atoms with Crippen LogP contribution in [-0.2, 0) is 9.53 Å². The van der Waals surface area contributed by atoms with Crippen molar-refractivity contribution in [2.24, 2.45) is 0 Å². The van der Waals surface area contributed by atoms with Gasteiger partial charge in [0.2, 0.25) is 0 Å². The maximum absolute atomic E-state index is 12.8. The summed E-state index contributed by atoms with van der Waals surface area (Å²) in [7, 11) is 0. The van der Waals surface area contributed by atoms with E-state index < -0.39 is 0 Å². The third-order valence-corrected chi connectivity index (χ3v) is 4.50. The van der Waals surface area contributed by atoms with E-state index in [4.69, 9.17) is 4.74 Å². The Kier molecular flexibility index (Phi) is 6.24. The fourth-order valence-corrected chi connectivity index (χ4v) is 3.30. The Hall–Kier alpha value is -1.56. The summed E-state index contributed by atoms with van der Waals surface area (Å²) >= 11 is 1.46. The highest BCUT2D eigenvalue weighted by molar-refractivity contribution is 7.98. The summed E-state index contributed by atoms with van der Waals surface area (Å²) in [6, 6.07) is 3.50. The lowest BCUT2D eigenvalue weighted by Gasteiger charge is -2.35. The van der Waals surface area contributed by atoms with Crippen molar-refractivity contribution in [3.05, 3.63) is 23.9 Å². The van der Waals surface area contributed by atoms with E-state index in [-0.39, 0.29) is 24.3 Å². The number of aromatic nitrogens is 1. The lowest BCUT2D eigenvalue weighted by molar-refractivity contribution is -0.144. The molecule has 0 radical (unpaired) electrons. The summed E-state index contributed by atoms with van der Waals surface area (Å²) in [4.78, 5) is 30.7. The number of esters is 1. The third kappa shape index (κ3) is 4.00. The molecule has 120 valence electrons. The molecular weight excluding hydrogens is 300 g/mol. The van der Waals surface area contributed by atoms with Gasteiger partial charge in [-0.25, -0.2) is 4.98 Å². The molecule has 1 aromatic rings. The molecule has 1 amide bonds. The van der Waals surface area contributed by atoms with Gasteiger partial charge < -0.3 is 9.64 Å². The number of amides is 1. The van der Waals surface area contributed by atoms with Crippen molar-refractivity contribution < 1.29 is 14.3 Å². The molecule has 1 atom stereocenters. The highest BCUT2D eigenvalue weighted by Crippen LogP contribution is 2.25. The van der Waals surface area contributed by atoms with Gasteiger partial charge in [-0.15, -0.1) is 11.8 Å². The summed E-state index contributed by atoms with van der Waals surface area (Å²) in [6.07, 6.45) is 6.73. The number of hydrogen-bond donors (Lipinski definition) is 0. The van der Waals surface area contributed by atoms with Crippen LogP contribution in [-0.4, -0.2) is 47.2 Å². The van der Waals surface area contributed by atoms with E-state index in [9.17, 15) is 9.59 Å². The first-order chi connectivity index (χ1) is 10.7. The number of nitrogens with zero attached hydrogens (tertiary/aromatic N) is 2. The molecule has 0 spiro atoms. The molecule has 22 heavy (non-hydrogen) atoms. The van der Waals surface area contributed by atoms with Crippen molar-refractivity contribution in [3.8, 4) is 0 Å². The molecule has 1 aromatic heterocycles. The van der Waals surface area contributed by atoms with Crippen LogP contribution in [0, 0.1) is 0 Å². The number of likely N-dealkylation sites (tertiary alicyclic amines) is 1. The van der Waals surface area contributed by atoms with Crippen molar-refractivity contribution >= 4 is 23.6 Å². The maximum atomic E-state index is 12.8. The molecule has 0 unspecified atom stereocenters. The Labute approximate surface area is 135 Å². The number of hydrogen-bond acceptors (Lipinski definition) is 5. The van der Waals surface area contributed by atoms with Crippen LogP contribution in [0.1, 0.15) is 43.0 Å². The van der Waals surface area contributed by atoms with E-state index in [1.165, 1.54) is 11.8 Å². The van der Waals surface area contributed by atoms with E-state index in [0.29, 0.717) is 18.7 Å². The molecule has 5 nitrogen and oxygen atoms in total. The normalized spacial score (nSPS) is 18.1. The van der Waals surface area contributed by atoms with Crippen LogP contribution in [0.5, 0.6) is 0 Å². The van der Waals surface area contributed by atoms with Crippen molar-refractivity contribution in [2.45, 2.75) is 43.7 Å². The van der Waals surface area contributed by atoms with E-state index in [0.717, 1.165) is 24.3 Å². The van der Waals surface area contributed by atoms with Gasteiger partial charge in [0.1, 0.15) is 5.03 Å². The highest BCUT2D eigenvalue weighted by Gasteiger charge is 2.30. The average molecular weight is 322 g/mol. The Morgan fingerprint density at radius 3 is 3.00 bits per heavy atom. The average Bonchev–Trinajstić information content (AvgIpc) is 2.55. The molecule has 2 heterocycles. The first kappa shape index (κ1) is 16.8. The Morgan fingerprint density at radius 1 is 1.45 bits per heavy atom. The van der Waals surface area contributed by atoms with Crippen LogP contribution in [0.2, 0.25) is 0 Å². The second-order valence-corrected chi connectivity index (χ2v) is 6.01. The zero-order valence-electron chi connectivity index (χ0n) is 13.1. The molecule has 1 aliphatic heterocycles. The van der Waals surface area contributed by atoms with Crippen molar-refractivity contribution in [3.63, 3.8) is 0 Å². The number of thioether (sulfide) groups is 1. The third-order valence-electron chi connectivity index (χ3n) is 3.79. The van der Waals surface area contributed by atoms with Crippen LogP contribution in [0.4, 0.5) is 0 Å². The topological polar surface area (TPSA) is 59.5 Å². The molecule has 6 heteroatoms. The van der Waals surface area contributed by atoms with Gasteiger partial charge in [0, 0.05) is 18.8 Å². The zero-order chi connectivity index (χ0) is 15.9. The SMILES string of the molecule is CCOC(=O)C[C@H]1CCCCN1C(=O)c1cccnc1SC. The van der Waals surface area contributed by atoms with Gasteiger partial charge in [-0.3, -0.25) is 9.59 Å². The second kappa shape index (κ2) is 8.17. The van der Waals surface area contributed by atoms with Crippen LogP contribution >= 0.6 is 11.8 Å². The van der Waals surface area contributed by atoms with Crippen molar-refractivity contribution in [1.82, 2.24) is 9.88 Å². The number of carbonyl (C=O) groups is 2. The molecule has 0 saturated carbocycles. The van der Waals surface area contributed by atoms with Gasteiger partial charge in [0.25, 0.3) is 5.91 Å².